The van der Waals surface area contributed by atoms with Crippen LogP contribution < -0.4 is 0 Å². The predicted molar refractivity (Wildman–Crippen MR) is 91.6 cm³/mol. The third kappa shape index (κ3) is 3.95. The van der Waals surface area contributed by atoms with Crippen LogP contribution in [-0.2, 0) is 14.6 Å². The molecule has 1 saturated heterocycles. The van der Waals surface area contributed by atoms with Crippen molar-refractivity contribution in [2.45, 2.75) is 24.7 Å². The minimum Gasteiger partial charge on any atom is -0.349 e. The lowest BCUT2D eigenvalue weighted by Gasteiger charge is -2.33. The van der Waals surface area contributed by atoms with Gasteiger partial charge in [-0.1, -0.05) is 6.07 Å². The Morgan fingerprint density at radius 3 is 2.50 bits per heavy atom. The van der Waals surface area contributed by atoms with Crippen molar-refractivity contribution in [2.24, 2.45) is 5.92 Å². The molecule has 0 aliphatic carbocycles. The molecule has 2 rings (SSSR count). The molecule has 0 aromatic heterocycles. The fourth-order valence-corrected chi connectivity index (χ4v) is 3.61. The minimum absolute atomic E-state index is 0.0223. The molecule has 1 heterocycles. The van der Waals surface area contributed by atoms with Crippen molar-refractivity contribution in [3.63, 3.8) is 0 Å². The van der Waals surface area contributed by atoms with Crippen molar-refractivity contribution >= 4 is 21.7 Å². The van der Waals surface area contributed by atoms with Gasteiger partial charge in [-0.25, -0.2) is 8.42 Å². The predicted octanol–water partition coefficient (Wildman–Crippen LogP) is 1.34. The Balaban J connectivity index is 2.27. The van der Waals surface area contributed by atoms with Crippen LogP contribution in [0.4, 0.5) is 0 Å². The highest BCUT2D eigenvalue weighted by Gasteiger charge is 2.30. The largest absolute Gasteiger partial charge is 0.349 e. The van der Waals surface area contributed by atoms with Crippen LogP contribution >= 0.6 is 0 Å². The zero-order valence-electron chi connectivity index (χ0n) is 14.6. The molecule has 7 heteroatoms. The average Bonchev–Trinajstić information content (AvgIpc) is 2.52. The molecular weight excluding hydrogens is 328 g/mol. The first-order valence-corrected chi connectivity index (χ1v) is 9.81. The van der Waals surface area contributed by atoms with Gasteiger partial charge in [0.25, 0.3) is 5.91 Å². The number of nitrogens with zero attached hydrogens (tertiary/aromatic N) is 2. The number of rotatable bonds is 3. The summed E-state index contributed by atoms with van der Waals surface area (Å²) in [5.41, 5.74) is 1.12. The van der Waals surface area contributed by atoms with Gasteiger partial charge >= 0.3 is 0 Å². The normalized spacial score (nSPS) is 18.3. The fraction of sp³-hybridized carbons (Fsp3) is 0.529. The van der Waals surface area contributed by atoms with Gasteiger partial charge in [-0.3, -0.25) is 9.59 Å². The maximum atomic E-state index is 12.8. The summed E-state index contributed by atoms with van der Waals surface area (Å²) in [6.07, 6.45) is 2.66. The third-order valence-electron chi connectivity index (χ3n) is 4.37. The van der Waals surface area contributed by atoms with E-state index in [4.69, 9.17) is 0 Å². The highest BCUT2D eigenvalue weighted by molar-refractivity contribution is 7.90. The van der Waals surface area contributed by atoms with Crippen molar-refractivity contribution in [1.82, 2.24) is 9.80 Å². The summed E-state index contributed by atoms with van der Waals surface area (Å²) in [7, 11) is 0.0490. The monoisotopic (exact) mass is 352 g/mol. The van der Waals surface area contributed by atoms with E-state index in [9.17, 15) is 18.0 Å². The Labute approximate surface area is 143 Å². The topological polar surface area (TPSA) is 74.8 Å². The van der Waals surface area contributed by atoms with Gasteiger partial charge in [0.2, 0.25) is 5.91 Å². The lowest BCUT2D eigenvalue weighted by molar-refractivity contribution is -0.134. The molecular formula is C17H24N2O4S. The smallest absolute Gasteiger partial charge is 0.254 e. The fourth-order valence-electron chi connectivity index (χ4n) is 2.96. The highest BCUT2D eigenvalue weighted by atomic mass is 32.2. The molecule has 24 heavy (non-hydrogen) atoms. The second-order valence-corrected chi connectivity index (χ2v) is 8.59. The number of carbonyl (C=O) groups excluding carboxylic acids is 2. The summed E-state index contributed by atoms with van der Waals surface area (Å²) < 4.78 is 23.5. The van der Waals surface area contributed by atoms with Crippen LogP contribution in [0.25, 0.3) is 0 Å². The molecule has 0 radical (unpaired) electrons. The molecule has 2 amide bonds. The molecule has 0 N–H and O–H groups in total. The van der Waals surface area contributed by atoms with Gasteiger partial charge in [-0.15, -0.1) is 0 Å². The number of likely N-dealkylation sites (tertiary alicyclic amines) is 1. The van der Waals surface area contributed by atoms with Crippen molar-refractivity contribution < 1.29 is 18.0 Å². The highest BCUT2D eigenvalue weighted by Crippen LogP contribution is 2.23. The van der Waals surface area contributed by atoms with E-state index >= 15 is 0 Å². The number of amides is 2. The molecule has 1 atom stereocenters. The summed E-state index contributed by atoms with van der Waals surface area (Å²) >= 11 is 0. The van der Waals surface area contributed by atoms with Gasteiger partial charge < -0.3 is 9.80 Å². The first-order valence-electron chi connectivity index (χ1n) is 7.92. The Morgan fingerprint density at radius 2 is 1.92 bits per heavy atom. The number of benzene rings is 1. The third-order valence-corrected chi connectivity index (χ3v) is 5.48. The molecule has 1 aliphatic heterocycles. The Hall–Kier alpha value is -1.89. The molecule has 1 aliphatic rings. The Bertz CT molecular complexity index is 756. The number of hydrogen-bond acceptors (Lipinski definition) is 4. The molecule has 1 aromatic carbocycles. The van der Waals surface area contributed by atoms with Gasteiger partial charge in [0.1, 0.15) is 0 Å². The summed E-state index contributed by atoms with van der Waals surface area (Å²) in [4.78, 5) is 28.3. The summed E-state index contributed by atoms with van der Waals surface area (Å²) in [5, 5.41) is 0. The first-order chi connectivity index (χ1) is 11.1. The Kier molecular flexibility index (Phi) is 5.32. The second-order valence-electron chi connectivity index (χ2n) is 6.57. The van der Waals surface area contributed by atoms with Crippen LogP contribution in [0.2, 0.25) is 0 Å². The molecule has 1 unspecified atom stereocenters. The number of piperidine rings is 1. The van der Waals surface area contributed by atoms with Crippen molar-refractivity contribution in [1.29, 1.82) is 0 Å². The van der Waals surface area contributed by atoms with E-state index < -0.39 is 9.84 Å². The van der Waals surface area contributed by atoms with Crippen LogP contribution in [0.15, 0.2) is 23.1 Å². The summed E-state index contributed by atoms with van der Waals surface area (Å²) in [6.45, 7) is 2.74. The first kappa shape index (κ1) is 18.4. The number of carbonyl (C=O) groups is 2. The van der Waals surface area contributed by atoms with E-state index in [0.717, 1.165) is 24.7 Å². The van der Waals surface area contributed by atoms with Gasteiger partial charge in [-0.2, -0.15) is 0 Å². The van der Waals surface area contributed by atoms with Gasteiger partial charge in [0, 0.05) is 39.0 Å². The van der Waals surface area contributed by atoms with Gasteiger partial charge in [0.05, 0.1) is 10.8 Å². The van der Waals surface area contributed by atoms with Crippen molar-refractivity contribution in [3.8, 4) is 0 Å². The standard InChI is InChI=1S/C17H24N2O4S/c1-12-7-8-14(24(4,22)23)10-15(12)17(21)19-9-5-6-13(11-19)16(20)18(2)3/h7-8,10,13H,5-6,9,11H2,1-4H3. The molecule has 1 fully saturated rings. The van der Waals surface area contributed by atoms with Crippen LogP contribution in [0.1, 0.15) is 28.8 Å². The zero-order chi connectivity index (χ0) is 18.1. The molecule has 132 valence electrons. The number of aryl methyl sites for hydroxylation is 1. The summed E-state index contributed by atoms with van der Waals surface area (Å²) in [5.74, 6) is -0.389. The van der Waals surface area contributed by atoms with Gasteiger partial charge in [-0.05, 0) is 37.5 Å². The minimum atomic E-state index is -3.37. The van der Waals surface area contributed by atoms with Gasteiger partial charge in [0.15, 0.2) is 9.84 Å². The van der Waals surface area contributed by atoms with Crippen LogP contribution in [0.5, 0.6) is 0 Å². The summed E-state index contributed by atoms with van der Waals surface area (Å²) in [6, 6.07) is 4.59. The average molecular weight is 352 g/mol. The van der Waals surface area contributed by atoms with Crippen LogP contribution in [0, 0.1) is 12.8 Å². The maximum absolute atomic E-state index is 12.8. The lowest BCUT2D eigenvalue weighted by atomic mass is 9.95. The van der Waals surface area contributed by atoms with Crippen molar-refractivity contribution in [3.05, 3.63) is 29.3 Å². The Morgan fingerprint density at radius 1 is 1.25 bits per heavy atom. The van der Waals surface area contributed by atoms with E-state index in [2.05, 4.69) is 0 Å². The van der Waals surface area contributed by atoms with E-state index in [1.807, 2.05) is 0 Å². The molecule has 0 saturated carbocycles. The van der Waals surface area contributed by atoms with Crippen LogP contribution in [0.3, 0.4) is 0 Å². The quantitative estimate of drug-likeness (QED) is 0.823. The molecule has 0 bridgehead atoms. The zero-order valence-corrected chi connectivity index (χ0v) is 15.4. The lowest BCUT2D eigenvalue weighted by Crippen LogP contribution is -2.45. The van der Waals surface area contributed by atoms with E-state index in [0.29, 0.717) is 18.7 Å². The van der Waals surface area contributed by atoms with E-state index in [-0.39, 0.29) is 22.6 Å². The van der Waals surface area contributed by atoms with Crippen molar-refractivity contribution in [2.75, 3.05) is 33.4 Å². The van der Waals surface area contributed by atoms with Crippen LogP contribution in [-0.4, -0.2) is 63.5 Å². The molecule has 1 aromatic rings. The molecule has 6 nitrogen and oxygen atoms in total. The number of hydrogen-bond donors (Lipinski definition) is 0. The van der Waals surface area contributed by atoms with E-state index in [1.54, 1.807) is 36.9 Å². The second kappa shape index (κ2) is 6.93. The van der Waals surface area contributed by atoms with E-state index in [1.165, 1.54) is 12.1 Å². The molecule has 0 spiro atoms. The number of sulfone groups is 1. The SMILES string of the molecule is Cc1ccc(S(C)(=O)=O)cc1C(=O)N1CCCC(C(=O)N(C)C)C1. The maximum Gasteiger partial charge on any atom is 0.254 e.